The molecule has 1 N–H and O–H groups in total. The summed E-state index contributed by atoms with van der Waals surface area (Å²) in [4.78, 5) is 11.3. The third-order valence-electron chi connectivity index (χ3n) is 2.12. The van der Waals surface area contributed by atoms with E-state index in [1.54, 1.807) is 27.7 Å². The molecule has 0 radical (unpaired) electrons. The first-order chi connectivity index (χ1) is 5.49. The van der Waals surface area contributed by atoms with Crippen LogP contribution in [0.25, 0.3) is 0 Å². The molecule has 0 aromatic rings. The minimum Gasteiger partial charge on any atom is -0.464 e. The van der Waals surface area contributed by atoms with Crippen LogP contribution in [-0.2, 0) is 9.53 Å². The van der Waals surface area contributed by atoms with Crippen molar-refractivity contribution in [2.45, 2.75) is 39.7 Å². The molecule has 0 saturated heterocycles. The van der Waals surface area contributed by atoms with E-state index >= 15 is 0 Å². The van der Waals surface area contributed by atoms with E-state index in [2.05, 4.69) is 0 Å². The van der Waals surface area contributed by atoms with E-state index in [4.69, 9.17) is 4.74 Å². The van der Waals surface area contributed by atoms with Crippen molar-refractivity contribution in [3.8, 4) is 0 Å². The molecule has 0 saturated carbocycles. The summed E-state index contributed by atoms with van der Waals surface area (Å²) in [5, 5.41) is 9.82. The highest BCUT2D eigenvalue weighted by Gasteiger charge is 2.38. The Hall–Kier alpha value is -0.570. The smallest absolute Gasteiger partial charge is 0.338 e. The molecule has 0 aromatic heterocycles. The van der Waals surface area contributed by atoms with Crippen LogP contribution >= 0.6 is 0 Å². The summed E-state index contributed by atoms with van der Waals surface area (Å²) < 4.78 is 4.77. The first-order valence-corrected chi connectivity index (χ1v) is 4.38. The Bertz CT molecular complexity index is 154. The summed E-state index contributed by atoms with van der Waals surface area (Å²) in [7, 11) is 0. The molecule has 1 unspecified atom stereocenters. The predicted molar refractivity (Wildman–Crippen MR) is 46.7 cm³/mol. The molecule has 3 heteroatoms. The van der Waals surface area contributed by atoms with Crippen LogP contribution in [0.15, 0.2) is 0 Å². The van der Waals surface area contributed by atoms with Crippen molar-refractivity contribution >= 4 is 5.97 Å². The Morgan fingerprint density at radius 2 is 2.00 bits per heavy atom. The second kappa shape index (κ2) is 4.45. The maximum Gasteiger partial charge on any atom is 0.338 e. The van der Waals surface area contributed by atoms with Gasteiger partial charge in [0.05, 0.1) is 6.61 Å². The van der Waals surface area contributed by atoms with Crippen molar-refractivity contribution in [2.24, 2.45) is 5.92 Å². The lowest BCUT2D eigenvalue weighted by Crippen LogP contribution is -2.44. The zero-order valence-electron chi connectivity index (χ0n) is 8.26. The number of aliphatic hydroxyl groups is 1. The fourth-order valence-corrected chi connectivity index (χ4v) is 1.04. The Labute approximate surface area is 73.7 Å². The maximum absolute atomic E-state index is 11.3. The van der Waals surface area contributed by atoms with Gasteiger partial charge in [0.2, 0.25) is 0 Å². The van der Waals surface area contributed by atoms with Crippen LogP contribution in [0, 0.1) is 5.92 Å². The van der Waals surface area contributed by atoms with Crippen LogP contribution in [0.2, 0.25) is 0 Å². The first kappa shape index (κ1) is 11.4. The Balaban J connectivity index is 4.40. The quantitative estimate of drug-likeness (QED) is 0.654. The summed E-state index contributed by atoms with van der Waals surface area (Å²) in [6, 6.07) is 0. The normalized spacial score (nSPS) is 15.8. The van der Waals surface area contributed by atoms with E-state index in [9.17, 15) is 9.90 Å². The van der Waals surface area contributed by atoms with Gasteiger partial charge in [-0.1, -0.05) is 20.8 Å². The number of rotatable bonds is 4. The van der Waals surface area contributed by atoms with Crippen LogP contribution < -0.4 is 0 Å². The molecule has 3 nitrogen and oxygen atoms in total. The predicted octanol–water partition coefficient (Wildman–Crippen LogP) is 1.35. The highest BCUT2D eigenvalue weighted by Crippen LogP contribution is 2.22. The van der Waals surface area contributed by atoms with E-state index in [1.807, 2.05) is 0 Å². The number of ether oxygens (including phenoxy) is 1. The van der Waals surface area contributed by atoms with Crippen molar-refractivity contribution in [1.29, 1.82) is 0 Å². The zero-order chi connectivity index (χ0) is 9.78. The third-order valence-corrected chi connectivity index (χ3v) is 2.12. The van der Waals surface area contributed by atoms with Gasteiger partial charge in [-0.05, 0) is 19.3 Å². The molecule has 72 valence electrons. The Morgan fingerprint density at radius 1 is 1.50 bits per heavy atom. The topological polar surface area (TPSA) is 46.5 Å². The van der Waals surface area contributed by atoms with E-state index in [1.165, 1.54) is 0 Å². The maximum atomic E-state index is 11.3. The van der Waals surface area contributed by atoms with Crippen LogP contribution in [0.4, 0.5) is 0 Å². The van der Waals surface area contributed by atoms with Gasteiger partial charge in [-0.2, -0.15) is 0 Å². The van der Waals surface area contributed by atoms with Crippen molar-refractivity contribution < 1.29 is 14.6 Å². The van der Waals surface area contributed by atoms with Crippen LogP contribution in [0.3, 0.4) is 0 Å². The van der Waals surface area contributed by atoms with E-state index in [0.29, 0.717) is 13.0 Å². The summed E-state index contributed by atoms with van der Waals surface area (Å²) in [6.07, 6.45) is 0.392. The summed E-state index contributed by atoms with van der Waals surface area (Å²) in [6.45, 7) is 7.43. The number of hydrogen-bond donors (Lipinski definition) is 1. The van der Waals surface area contributed by atoms with Gasteiger partial charge < -0.3 is 9.84 Å². The van der Waals surface area contributed by atoms with Gasteiger partial charge >= 0.3 is 5.97 Å². The molecule has 0 heterocycles. The van der Waals surface area contributed by atoms with Crippen LogP contribution in [0.5, 0.6) is 0 Å². The molecule has 1 atom stereocenters. The molecule has 0 aliphatic heterocycles. The fraction of sp³-hybridized carbons (Fsp3) is 0.889. The molecule has 12 heavy (non-hydrogen) atoms. The Morgan fingerprint density at radius 3 is 2.25 bits per heavy atom. The summed E-state index contributed by atoms with van der Waals surface area (Å²) in [5.41, 5.74) is -1.31. The number of esters is 1. The highest BCUT2D eigenvalue weighted by atomic mass is 16.5. The summed E-state index contributed by atoms with van der Waals surface area (Å²) in [5.74, 6) is -0.621. The van der Waals surface area contributed by atoms with Crippen molar-refractivity contribution in [1.82, 2.24) is 0 Å². The lowest BCUT2D eigenvalue weighted by Gasteiger charge is -2.27. The second-order valence-corrected chi connectivity index (χ2v) is 3.15. The number of hydrogen-bond acceptors (Lipinski definition) is 3. The Kier molecular flexibility index (Phi) is 4.24. The van der Waals surface area contributed by atoms with Gasteiger partial charge in [0.1, 0.15) is 0 Å². The van der Waals surface area contributed by atoms with Crippen LogP contribution in [0.1, 0.15) is 34.1 Å². The standard InChI is InChI=1S/C9H18O3/c1-5-9(11,7(3)4)8(10)12-6-2/h7,11H,5-6H2,1-4H3. The number of carbonyl (C=O) groups is 1. The molecule has 0 amide bonds. The molecular formula is C9H18O3. The van der Waals surface area contributed by atoms with Crippen molar-refractivity contribution in [3.63, 3.8) is 0 Å². The van der Waals surface area contributed by atoms with Gasteiger partial charge in [-0.25, -0.2) is 4.79 Å². The molecule has 0 bridgehead atoms. The van der Waals surface area contributed by atoms with Crippen molar-refractivity contribution in [2.75, 3.05) is 6.61 Å². The van der Waals surface area contributed by atoms with E-state index < -0.39 is 11.6 Å². The minimum atomic E-state index is -1.31. The minimum absolute atomic E-state index is 0.110. The summed E-state index contributed by atoms with van der Waals surface area (Å²) >= 11 is 0. The molecular weight excluding hydrogens is 156 g/mol. The van der Waals surface area contributed by atoms with Crippen LogP contribution in [-0.4, -0.2) is 23.3 Å². The van der Waals surface area contributed by atoms with Gasteiger partial charge in [-0.3, -0.25) is 0 Å². The van der Waals surface area contributed by atoms with Gasteiger partial charge in [0, 0.05) is 0 Å². The lowest BCUT2D eigenvalue weighted by molar-refractivity contribution is -0.170. The number of carbonyl (C=O) groups excluding carboxylic acids is 1. The van der Waals surface area contributed by atoms with Gasteiger partial charge in [-0.15, -0.1) is 0 Å². The molecule has 0 aromatic carbocycles. The highest BCUT2D eigenvalue weighted by molar-refractivity contribution is 5.79. The van der Waals surface area contributed by atoms with Crippen molar-refractivity contribution in [3.05, 3.63) is 0 Å². The molecule has 0 aliphatic carbocycles. The molecule has 0 rings (SSSR count). The monoisotopic (exact) mass is 174 g/mol. The molecule has 0 fully saturated rings. The van der Waals surface area contributed by atoms with E-state index in [-0.39, 0.29) is 5.92 Å². The lowest BCUT2D eigenvalue weighted by atomic mass is 9.88. The zero-order valence-corrected chi connectivity index (χ0v) is 8.26. The van der Waals surface area contributed by atoms with Gasteiger partial charge in [0.15, 0.2) is 5.60 Å². The SMILES string of the molecule is CCOC(=O)C(O)(CC)C(C)C. The van der Waals surface area contributed by atoms with E-state index in [0.717, 1.165) is 0 Å². The average molecular weight is 174 g/mol. The largest absolute Gasteiger partial charge is 0.464 e. The average Bonchev–Trinajstić information content (AvgIpc) is 2.03. The molecule has 0 spiro atoms. The fourth-order valence-electron chi connectivity index (χ4n) is 1.04. The second-order valence-electron chi connectivity index (χ2n) is 3.15. The molecule has 0 aliphatic rings. The third kappa shape index (κ3) is 2.21. The van der Waals surface area contributed by atoms with Gasteiger partial charge in [0.25, 0.3) is 0 Å². The first-order valence-electron chi connectivity index (χ1n) is 4.38.